The van der Waals surface area contributed by atoms with Crippen molar-refractivity contribution in [2.75, 3.05) is 27.2 Å². The second-order valence-electron chi connectivity index (χ2n) is 25.1. The number of fused-ring (bicyclic) bond motifs is 2. The van der Waals surface area contributed by atoms with Crippen LogP contribution in [0.2, 0.25) is 0 Å². The Labute approximate surface area is 522 Å². The van der Waals surface area contributed by atoms with Crippen molar-refractivity contribution >= 4 is 46.9 Å². The van der Waals surface area contributed by atoms with Crippen LogP contribution in [0.25, 0.3) is 0 Å². The van der Waals surface area contributed by atoms with Crippen LogP contribution in [0.5, 0.6) is 0 Å². The number of carbonyl (C=O) groups excluding carboxylic acids is 8. The Bertz CT molecular complexity index is 2870. The molecule has 16 nitrogen and oxygen atoms in total. The highest BCUT2D eigenvalue weighted by atomic mass is 16.2. The Kier molecular flexibility index (Phi) is 25.6. The monoisotopic (exact) mass is 1200 g/mol. The largest absolute Gasteiger partial charge is 0.356 e. The van der Waals surface area contributed by atoms with Crippen molar-refractivity contribution < 1.29 is 38.4 Å². The summed E-state index contributed by atoms with van der Waals surface area (Å²) in [4.78, 5) is 118. The summed E-state index contributed by atoms with van der Waals surface area (Å²) in [6, 6.07) is 35.5. The molecule has 6 N–H and O–H groups in total. The van der Waals surface area contributed by atoms with E-state index in [-0.39, 0.29) is 96.2 Å². The average molecular weight is 1200 g/mol. The number of carbonyl (C=O) groups is 8. The van der Waals surface area contributed by atoms with E-state index in [4.69, 9.17) is 0 Å². The van der Waals surface area contributed by atoms with Crippen molar-refractivity contribution in [1.82, 2.24) is 41.7 Å². The first-order valence-electron chi connectivity index (χ1n) is 33.2. The van der Waals surface area contributed by atoms with Crippen molar-refractivity contribution in [2.24, 2.45) is 17.8 Å². The summed E-state index contributed by atoms with van der Waals surface area (Å²) >= 11 is 0. The maximum Gasteiger partial charge on any atom is 0.246 e. The number of rotatable bonds is 34. The average Bonchev–Trinajstić information content (AvgIpc) is 1.94. The highest BCUT2D eigenvalue weighted by molar-refractivity contribution is 6.00. The summed E-state index contributed by atoms with van der Waals surface area (Å²) in [6.45, 7) is 5.49. The van der Waals surface area contributed by atoms with Gasteiger partial charge in [-0.2, -0.15) is 0 Å². The van der Waals surface area contributed by atoms with Gasteiger partial charge in [0, 0.05) is 62.7 Å². The van der Waals surface area contributed by atoms with Gasteiger partial charge in [-0.05, 0) is 139 Å². The van der Waals surface area contributed by atoms with E-state index in [1.54, 1.807) is 23.9 Å². The van der Waals surface area contributed by atoms with E-state index < -0.39 is 35.6 Å². The second-order valence-corrected chi connectivity index (χ2v) is 25.1. The van der Waals surface area contributed by atoms with Crippen molar-refractivity contribution in [3.63, 3.8) is 0 Å². The Morgan fingerprint density at radius 3 is 1.68 bits per heavy atom. The van der Waals surface area contributed by atoms with Gasteiger partial charge in [0.15, 0.2) is 17.3 Å². The topological polar surface area (TPSA) is 215 Å². The Balaban J connectivity index is 0.861. The van der Waals surface area contributed by atoms with Gasteiger partial charge in [0.25, 0.3) is 0 Å². The molecule has 8 rings (SSSR count). The molecular formula is C72H98N8O8. The number of nitrogens with one attached hydrogen (secondary N) is 6. The van der Waals surface area contributed by atoms with Crippen LogP contribution in [-0.2, 0) is 56.9 Å². The van der Waals surface area contributed by atoms with E-state index >= 15 is 14.4 Å². The molecule has 4 saturated heterocycles. The number of likely N-dealkylation sites (N-methyl/N-ethyl adjacent to an activating group) is 2. The van der Waals surface area contributed by atoms with Crippen LogP contribution in [0.15, 0.2) is 121 Å². The lowest BCUT2D eigenvalue weighted by Gasteiger charge is -2.38. The lowest BCUT2D eigenvalue weighted by atomic mass is 9.77. The molecular weight excluding hydrogens is 1100 g/mol. The van der Waals surface area contributed by atoms with E-state index in [2.05, 4.69) is 44.0 Å². The molecule has 16 heteroatoms. The number of hydrogen-bond acceptors (Lipinski definition) is 11. The van der Waals surface area contributed by atoms with Gasteiger partial charge in [-0.25, -0.2) is 0 Å². The standard InChI is InChI=1S/C72H98N8O8/c1-5-59(73-3)64(82)47-58-52(45-46-75-48-51-27-17-12-18-28-51)36-38-57-41-43-62(80(57)70(58)87)69(86)78-72(54-29-19-13-20-30-54,55-31-21-14-22-32-55)65(83)33-23-9-7-8-10-24-34-66(84)76-49-53-37-39-56-40-42-61(63(81)44-35-50-25-15-11-16-26-50)79(56)71(88)67(53)77-68(85)60(6-2)74-4/h11-22,25-32,52-53,56-62,67,73-75H,5-10,23-24,33-49H2,1-4H3,(H,76,84)(H,77,85)(H,78,86)/t52-,53-,56+,57+,58+,59+,60+,61+,62+,67+/m1/s1. The van der Waals surface area contributed by atoms with E-state index in [0.717, 1.165) is 56.9 Å². The summed E-state index contributed by atoms with van der Waals surface area (Å²) in [5.74, 6) is -2.26. The molecule has 4 aromatic carbocycles. The molecule has 0 unspecified atom stereocenters. The number of benzene rings is 4. The van der Waals surface area contributed by atoms with E-state index in [9.17, 15) is 24.0 Å². The molecule has 0 aromatic heterocycles. The van der Waals surface area contributed by atoms with E-state index in [1.165, 1.54) is 5.56 Å². The predicted octanol–water partition coefficient (Wildman–Crippen LogP) is 8.83. The molecule has 4 fully saturated rings. The number of unbranched alkanes of at least 4 members (excludes halogenated alkanes) is 5. The molecule has 0 saturated carbocycles. The molecule has 4 aromatic rings. The van der Waals surface area contributed by atoms with Crippen molar-refractivity contribution in [1.29, 1.82) is 0 Å². The molecule has 0 spiro atoms. The fourth-order valence-electron chi connectivity index (χ4n) is 14.6. The van der Waals surface area contributed by atoms with Crippen molar-refractivity contribution in [3.8, 4) is 0 Å². The lowest BCUT2D eigenvalue weighted by Crippen LogP contribution is -2.58. The molecule has 474 valence electrons. The van der Waals surface area contributed by atoms with Gasteiger partial charge in [-0.1, -0.05) is 161 Å². The van der Waals surface area contributed by atoms with Crippen LogP contribution in [0.3, 0.4) is 0 Å². The van der Waals surface area contributed by atoms with Gasteiger partial charge in [0.1, 0.15) is 17.6 Å². The first kappa shape index (κ1) is 67.1. The highest BCUT2D eigenvalue weighted by Gasteiger charge is 2.51. The molecule has 0 aliphatic carbocycles. The Morgan fingerprint density at radius 2 is 1.09 bits per heavy atom. The van der Waals surface area contributed by atoms with Crippen LogP contribution < -0.4 is 31.9 Å². The maximum atomic E-state index is 15.3. The van der Waals surface area contributed by atoms with Crippen LogP contribution in [0.4, 0.5) is 0 Å². The summed E-state index contributed by atoms with van der Waals surface area (Å²) in [5, 5.41) is 19.2. The number of ketones is 3. The smallest absolute Gasteiger partial charge is 0.246 e. The van der Waals surface area contributed by atoms with Crippen LogP contribution in [0.1, 0.15) is 171 Å². The number of Topliss-reactive ketones (excluding diaryl/α,β-unsaturated/α-hetero) is 3. The van der Waals surface area contributed by atoms with Crippen LogP contribution in [0, 0.1) is 17.8 Å². The fraction of sp³-hybridized carbons (Fsp3) is 0.556. The highest BCUT2D eigenvalue weighted by Crippen LogP contribution is 2.41. The third-order valence-corrected chi connectivity index (χ3v) is 19.6. The van der Waals surface area contributed by atoms with Gasteiger partial charge in [-0.15, -0.1) is 0 Å². The first-order valence-corrected chi connectivity index (χ1v) is 33.2. The van der Waals surface area contributed by atoms with Crippen LogP contribution >= 0.6 is 0 Å². The minimum atomic E-state index is -1.54. The number of nitrogens with zero attached hydrogens (tertiary/aromatic N) is 2. The van der Waals surface area contributed by atoms with E-state index in [1.807, 2.05) is 123 Å². The SMILES string of the molecule is CC[C@H](NC)C(=O)C[C@@H]1C(=O)N2[C@@H](CC[C@@H]1CCNCc1ccccc1)CC[C@H]2C(=O)NC(C(=O)CCCCCCCCC(=O)NC[C@H]1CC[C@H]2CC[C@@H](C(=O)CCc3ccccc3)N2C(=O)[C@H]1NC(=O)[C@H](CC)NC)(c1ccccc1)c1ccccc1. The molecule has 4 aliphatic rings. The third kappa shape index (κ3) is 17.1. The lowest BCUT2D eigenvalue weighted by molar-refractivity contribution is -0.146. The third-order valence-electron chi connectivity index (χ3n) is 19.6. The summed E-state index contributed by atoms with van der Waals surface area (Å²) < 4.78 is 0. The zero-order valence-corrected chi connectivity index (χ0v) is 52.7. The van der Waals surface area contributed by atoms with Gasteiger partial charge < -0.3 is 41.7 Å². The Morgan fingerprint density at radius 1 is 0.568 bits per heavy atom. The zero-order chi connectivity index (χ0) is 62.4. The van der Waals surface area contributed by atoms with Crippen molar-refractivity contribution in [2.45, 2.75) is 209 Å². The first-order chi connectivity index (χ1) is 42.8. The second kappa shape index (κ2) is 33.6. The molecule has 10 atom stereocenters. The number of hydrogen-bond donors (Lipinski definition) is 6. The summed E-state index contributed by atoms with van der Waals surface area (Å²) in [5.41, 5.74) is 1.98. The van der Waals surface area contributed by atoms with E-state index in [0.29, 0.717) is 101 Å². The van der Waals surface area contributed by atoms with Gasteiger partial charge in [0.05, 0.1) is 18.1 Å². The zero-order valence-electron chi connectivity index (χ0n) is 52.7. The normalized spacial score (nSPS) is 22.6. The van der Waals surface area contributed by atoms with Gasteiger partial charge >= 0.3 is 0 Å². The van der Waals surface area contributed by atoms with Gasteiger partial charge in [0.2, 0.25) is 29.5 Å². The molecule has 5 amide bonds. The molecule has 4 heterocycles. The number of amides is 5. The molecule has 0 bridgehead atoms. The minimum absolute atomic E-state index is 0.000829. The fourth-order valence-corrected chi connectivity index (χ4v) is 14.6. The van der Waals surface area contributed by atoms with Crippen molar-refractivity contribution in [3.05, 3.63) is 144 Å². The quantitative estimate of drug-likeness (QED) is 0.0243. The summed E-state index contributed by atoms with van der Waals surface area (Å²) in [7, 11) is 3.50. The summed E-state index contributed by atoms with van der Waals surface area (Å²) in [6.07, 6.45) is 13.1. The maximum absolute atomic E-state index is 15.3. The molecule has 4 aliphatic heterocycles. The molecule has 0 radical (unpaired) electrons. The number of aryl methyl sites for hydroxylation is 1. The molecule has 88 heavy (non-hydrogen) atoms. The van der Waals surface area contributed by atoms with Gasteiger partial charge in [-0.3, -0.25) is 38.4 Å². The van der Waals surface area contributed by atoms with Crippen LogP contribution in [-0.4, -0.2) is 126 Å². The Hall–Kier alpha value is -6.88. The predicted molar refractivity (Wildman–Crippen MR) is 343 cm³/mol. The minimum Gasteiger partial charge on any atom is -0.356 e.